The van der Waals surface area contributed by atoms with Gasteiger partial charge in [0.2, 0.25) is 5.91 Å². The van der Waals surface area contributed by atoms with Crippen LogP contribution in [0, 0.1) is 17.2 Å². The van der Waals surface area contributed by atoms with Crippen molar-refractivity contribution in [3.05, 3.63) is 48.4 Å². The van der Waals surface area contributed by atoms with Crippen molar-refractivity contribution >= 4 is 22.5 Å². The highest BCUT2D eigenvalue weighted by Crippen LogP contribution is 2.34. The lowest BCUT2D eigenvalue weighted by atomic mass is 10.0. The summed E-state index contributed by atoms with van der Waals surface area (Å²) in [4.78, 5) is 16.1. The molecule has 1 fully saturated rings. The minimum Gasteiger partial charge on any atom is -0.490 e. The smallest absolute Gasteiger partial charge is 0.220 e. The van der Waals surface area contributed by atoms with Gasteiger partial charge >= 0.3 is 0 Å². The van der Waals surface area contributed by atoms with E-state index in [9.17, 15) is 10.1 Å². The fraction of sp³-hybridized carbons (Fsp3) is 0.273. The molecule has 0 saturated carbocycles. The summed E-state index contributed by atoms with van der Waals surface area (Å²) in [6.07, 6.45) is 5.84. The molecule has 1 N–H and O–H groups in total. The molecule has 1 unspecified atom stereocenters. The van der Waals surface area contributed by atoms with Gasteiger partial charge in [0.1, 0.15) is 23.6 Å². The second-order valence-corrected chi connectivity index (χ2v) is 7.70. The standard InChI is InChI=1S/C22H20N6O2/c1-13(16-7-22(29)25-9-16)30-20-6-15(5-18-17(20)12-27(2)26-18)19-10-24-21-4-3-14(8-23)11-28(19)21/h3-6,10-13,16H,7,9H2,1-2H3,(H,25,29)/t13?,16-/m1/s1. The Morgan fingerprint density at radius 1 is 1.33 bits per heavy atom. The van der Waals surface area contributed by atoms with Crippen LogP contribution in [0.15, 0.2) is 42.9 Å². The predicted molar refractivity (Wildman–Crippen MR) is 111 cm³/mol. The third-order valence-electron chi connectivity index (χ3n) is 5.62. The molecule has 0 aliphatic carbocycles. The lowest BCUT2D eigenvalue weighted by molar-refractivity contribution is -0.119. The Morgan fingerprint density at radius 2 is 2.20 bits per heavy atom. The molecule has 150 valence electrons. The van der Waals surface area contributed by atoms with Gasteiger partial charge in [0, 0.05) is 43.9 Å². The maximum absolute atomic E-state index is 11.6. The van der Waals surface area contributed by atoms with E-state index in [0.29, 0.717) is 24.3 Å². The van der Waals surface area contributed by atoms with Crippen molar-refractivity contribution in [2.24, 2.45) is 13.0 Å². The summed E-state index contributed by atoms with van der Waals surface area (Å²) in [5, 5.41) is 17.6. The fourth-order valence-electron chi connectivity index (χ4n) is 3.97. The van der Waals surface area contributed by atoms with Crippen molar-refractivity contribution in [2.75, 3.05) is 6.54 Å². The first-order valence-corrected chi connectivity index (χ1v) is 9.80. The number of carbonyl (C=O) groups is 1. The van der Waals surface area contributed by atoms with E-state index in [-0.39, 0.29) is 17.9 Å². The number of fused-ring (bicyclic) bond motifs is 2. The summed E-state index contributed by atoms with van der Waals surface area (Å²) in [7, 11) is 1.87. The summed E-state index contributed by atoms with van der Waals surface area (Å²) >= 11 is 0. The van der Waals surface area contributed by atoms with E-state index < -0.39 is 0 Å². The Morgan fingerprint density at radius 3 is 2.97 bits per heavy atom. The minimum atomic E-state index is -0.130. The van der Waals surface area contributed by atoms with Crippen LogP contribution in [0.25, 0.3) is 27.8 Å². The molecule has 0 spiro atoms. The average molecular weight is 400 g/mol. The van der Waals surface area contributed by atoms with Crippen LogP contribution in [-0.4, -0.2) is 37.7 Å². The highest BCUT2D eigenvalue weighted by Gasteiger charge is 2.28. The lowest BCUT2D eigenvalue weighted by Gasteiger charge is -2.20. The normalized spacial score (nSPS) is 17.2. The first kappa shape index (κ1) is 18.2. The number of aryl methyl sites for hydroxylation is 1. The van der Waals surface area contributed by atoms with Crippen LogP contribution in [0.3, 0.4) is 0 Å². The summed E-state index contributed by atoms with van der Waals surface area (Å²) in [6.45, 7) is 2.62. The van der Waals surface area contributed by atoms with Crippen molar-refractivity contribution in [3.63, 3.8) is 0 Å². The summed E-state index contributed by atoms with van der Waals surface area (Å²) in [5.41, 5.74) is 3.88. The van der Waals surface area contributed by atoms with Crippen molar-refractivity contribution in [2.45, 2.75) is 19.4 Å². The topological polar surface area (TPSA) is 97.2 Å². The van der Waals surface area contributed by atoms with E-state index >= 15 is 0 Å². The van der Waals surface area contributed by atoms with Crippen LogP contribution in [0.5, 0.6) is 5.75 Å². The molecular weight excluding hydrogens is 380 g/mol. The lowest BCUT2D eigenvalue weighted by Crippen LogP contribution is -2.25. The van der Waals surface area contributed by atoms with Crippen LogP contribution in [0.1, 0.15) is 18.9 Å². The predicted octanol–water partition coefficient (Wildman–Crippen LogP) is 2.66. The van der Waals surface area contributed by atoms with Crippen LogP contribution >= 0.6 is 0 Å². The van der Waals surface area contributed by atoms with Crippen LogP contribution < -0.4 is 10.1 Å². The Hall–Kier alpha value is -3.86. The maximum atomic E-state index is 11.6. The number of hydrogen-bond acceptors (Lipinski definition) is 5. The molecule has 1 aliphatic rings. The highest BCUT2D eigenvalue weighted by atomic mass is 16.5. The van der Waals surface area contributed by atoms with Gasteiger partial charge in [0.05, 0.1) is 28.4 Å². The summed E-state index contributed by atoms with van der Waals surface area (Å²) < 4.78 is 10.00. The maximum Gasteiger partial charge on any atom is 0.220 e. The van der Waals surface area contributed by atoms with Crippen molar-refractivity contribution in [3.8, 4) is 23.1 Å². The second-order valence-electron chi connectivity index (χ2n) is 7.70. The number of ether oxygens (including phenoxy) is 1. The molecule has 0 bridgehead atoms. The van der Waals surface area contributed by atoms with E-state index in [1.54, 1.807) is 23.1 Å². The van der Waals surface area contributed by atoms with E-state index in [1.807, 2.05) is 42.8 Å². The van der Waals surface area contributed by atoms with E-state index in [4.69, 9.17) is 4.74 Å². The third-order valence-corrected chi connectivity index (χ3v) is 5.62. The first-order chi connectivity index (χ1) is 14.5. The monoisotopic (exact) mass is 400 g/mol. The first-order valence-electron chi connectivity index (χ1n) is 9.80. The van der Waals surface area contributed by atoms with E-state index in [2.05, 4.69) is 21.5 Å². The molecule has 5 rings (SSSR count). The molecule has 2 atom stereocenters. The molecule has 1 amide bonds. The molecule has 8 nitrogen and oxygen atoms in total. The summed E-state index contributed by atoms with van der Waals surface area (Å²) in [5.74, 6) is 0.908. The van der Waals surface area contributed by atoms with Gasteiger partial charge in [-0.25, -0.2) is 4.98 Å². The molecule has 8 heteroatoms. The van der Waals surface area contributed by atoms with E-state index in [0.717, 1.165) is 27.8 Å². The molecule has 0 radical (unpaired) electrons. The molecule has 3 aromatic heterocycles. The minimum absolute atomic E-state index is 0.0646. The van der Waals surface area contributed by atoms with Gasteiger partial charge in [0.25, 0.3) is 0 Å². The fourth-order valence-corrected chi connectivity index (χ4v) is 3.97. The molecule has 1 saturated heterocycles. The number of nitrogens with zero attached hydrogens (tertiary/aromatic N) is 5. The third kappa shape index (κ3) is 3.05. The number of pyridine rings is 1. The highest BCUT2D eigenvalue weighted by molar-refractivity contribution is 5.89. The molecule has 4 heterocycles. The number of hydrogen-bond donors (Lipinski definition) is 1. The number of benzene rings is 1. The molecule has 1 aliphatic heterocycles. The van der Waals surface area contributed by atoms with Gasteiger partial charge in [0.15, 0.2) is 0 Å². The van der Waals surface area contributed by atoms with Crippen molar-refractivity contribution < 1.29 is 9.53 Å². The van der Waals surface area contributed by atoms with Gasteiger partial charge in [-0.1, -0.05) is 0 Å². The zero-order valence-corrected chi connectivity index (χ0v) is 16.7. The SMILES string of the molecule is CC(Oc1cc(-c2cnc3ccc(C#N)cn23)cc2nn(C)cc12)[C@H]1CNC(=O)C1. The van der Waals surface area contributed by atoms with Crippen molar-refractivity contribution in [1.29, 1.82) is 5.26 Å². The van der Waals surface area contributed by atoms with Crippen LogP contribution in [-0.2, 0) is 11.8 Å². The number of rotatable bonds is 4. The van der Waals surface area contributed by atoms with Crippen LogP contribution in [0.4, 0.5) is 0 Å². The Kier molecular flexibility index (Phi) is 4.17. The number of aromatic nitrogens is 4. The largest absolute Gasteiger partial charge is 0.490 e. The number of imidazole rings is 1. The quantitative estimate of drug-likeness (QED) is 0.568. The molecule has 4 aromatic rings. The Balaban J connectivity index is 1.60. The van der Waals surface area contributed by atoms with Gasteiger partial charge < -0.3 is 10.1 Å². The van der Waals surface area contributed by atoms with Crippen molar-refractivity contribution in [1.82, 2.24) is 24.5 Å². The Bertz CT molecular complexity index is 1330. The van der Waals surface area contributed by atoms with Gasteiger partial charge in [-0.2, -0.15) is 10.4 Å². The molecule has 30 heavy (non-hydrogen) atoms. The summed E-state index contributed by atoms with van der Waals surface area (Å²) in [6, 6.07) is 9.72. The number of nitriles is 1. The zero-order chi connectivity index (χ0) is 20.8. The molecular formula is C22H20N6O2. The number of carbonyl (C=O) groups excluding carboxylic acids is 1. The molecule has 1 aromatic carbocycles. The average Bonchev–Trinajstić information content (AvgIpc) is 3.44. The number of nitrogens with one attached hydrogen (secondary N) is 1. The second kappa shape index (κ2) is 6.88. The van der Waals surface area contributed by atoms with Gasteiger partial charge in [-0.05, 0) is 31.2 Å². The van der Waals surface area contributed by atoms with Gasteiger partial charge in [-0.15, -0.1) is 0 Å². The zero-order valence-electron chi connectivity index (χ0n) is 16.7. The van der Waals surface area contributed by atoms with Gasteiger partial charge in [-0.3, -0.25) is 13.9 Å². The Labute approximate surface area is 172 Å². The van der Waals surface area contributed by atoms with Crippen LogP contribution in [0.2, 0.25) is 0 Å². The number of amides is 1. The van der Waals surface area contributed by atoms with E-state index in [1.165, 1.54) is 0 Å².